The maximum absolute atomic E-state index is 11.1. The van der Waals surface area contributed by atoms with Crippen LogP contribution in [0.1, 0.15) is 27.7 Å². The predicted molar refractivity (Wildman–Crippen MR) is 49.3 cm³/mol. The molecule has 0 fully saturated rings. The average molecular weight is 187 g/mol. The zero-order chi connectivity index (χ0) is 10.6. The minimum absolute atomic E-state index is 0.107. The molecule has 0 aliphatic heterocycles. The Bertz CT molecular complexity index is 209. The van der Waals surface area contributed by atoms with Crippen molar-refractivity contribution >= 4 is 11.9 Å². The SMILES string of the molecule is CC(C)C(=O)NCC(C)(C)C(=O)O. The number of carbonyl (C=O) groups is 2. The van der Waals surface area contributed by atoms with Crippen LogP contribution < -0.4 is 5.32 Å². The minimum Gasteiger partial charge on any atom is -0.481 e. The number of nitrogens with one attached hydrogen (secondary N) is 1. The van der Waals surface area contributed by atoms with Crippen LogP contribution in [0.4, 0.5) is 0 Å². The predicted octanol–water partition coefficient (Wildman–Crippen LogP) is 0.869. The van der Waals surface area contributed by atoms with Crippen LogP contribution in [0.5, 0.6) is 0 Å². The van der Waals surface area contributed by atoms with E-state index in [0.717, 1.165) is 0 Å². The molecule has 0 spiro atoms. The molecule has 13 heavy (non-hydrogen) atoms. The molecule has 0 saturated heterocycles. The molecule has 1 amide bonds. The molecule has 0 aliphatic rings. The van der Waals surface area contributed by atoms with E-state index >= 15 is 0 Å². The van der Waals surface area contributed by atoms with Crippen molar-refractivity contribution in [3.05, 3.63) is 0 Å². The van der Waals surface area contributed by atoms with Gasteiger partial charge < -0.3 is 10.4 Å². The normalized spacial score (nSPS) is 11.5. The van der Waals surface area contributed by atoms with Crippen LogP contribution in [-0.4, -0.2) is 23.5 Å². The first kappa shape index (κ1) is 11.9. The topological polar surface area (TPSA) is 66.4 Å². The molecule has 0 rings (SSSR count). The number of aliphatic carboxylic acids is 1. The van der Waals surface area contributed by atoms with E-state index in [1.165, 1.54) is 0 Å². The molecule has 0 heterocycles. The van der Waals surface area contributed by atoms with Gasteiger partial charge in [0.25, 0.3) is 0 Å². The highest BCUT2D eigenvalue weighted by molar-refractivity contribution is 5.79. The molecule has 4 heteroatoms. The summed E-state index contributed by atoms with van der Waals surface area (Å²) < 4.78 is 0. The van der Waals surface area contributed by atoms with Crippen molar-refractivity contribution in [2.45, 2.75) is 27.7 Å². The van der Waals surface area contributed by atoms with Gasteiger partial charge in [0.15, 0.2) is 0 Å². The number of amides is 1. The van der Waals surface area contributed by atoms with Crippen LogP contribution in [0.2, 0.25) is 0 Å². The van der Waals surface area contributed by atoms with Gasteiger partial charge in [-0.15, -0.1) is 0 Å². The number of carboxylic acid groups (broad SMARTS) is 1. The van der Waals surface area contributed by atoms with Crippen molar-refractivity contribution in [1.29, 1.82) is 0 Å². The molecule has 0 aromatic heterocycles. The summed E-state index contributed by atoms with van der Waals surface area (Å²) >= 11 is 0. The lowest BCUT2D eigenvalue weighted by Gasteiger charge is -2.20. The van der Waals surface area contributed by atoms with Gasteiger partial charge in [0.2, 0.25) is 5.91 Å². The molecule has 0 unspecified atom stereocenters. The van der Waals surface area contributed by atoms with Crippen LogP contribution in [0, 0.1) is 11.3 Å². The Morgan fingerprint density at radius 1 is 1.38 bits per heavy atom. The maximum Gasteiger partial charge on any atom is 0.310 e. The van der Waals surface area contributed by atoms with E-state index in [1.807, 2.05) is 0 Å². The number of hydrogen-bond acceptors (Lipinski definition) is 2. The van der Waals surface area contributed by atoms with Crippen LogP contribution in [0.15, 0.2) is 0 Å². The van der Waals surface area contributed by atoms with Crippen molar-refractivity contribution in [2.75, 3.05) is 6.54 Å². The van der Waals surface area contributed by atoms with E-state index in [2.05, 4.69) is 5.32 Å². The van der Waals surface area contributed by atoms with E-state index in [-0.39, 0.29) is 18.4 Å². The van der Waals surface area contributed by atoms with Crippen LogP contribution >= 0.6 is 0 Å². The Kier molecular flexibility index (Phi) is 3.91. The Morgan fingerprint density at radius 3 is 2.15 bits per heavy atom. The van der Waals surface area contributed by atoms with Gasteiger partial charge in [-0.05, 0) is 13.8 Å². The van der Waals surface area contributed by atoms with Crippen molar-refractivity contribution in [3.8, 4) is 0 Å². The highest BCUT2D eigenvalue weighted by Gasteiger charge is 2.27. The first-order valence-corrected chi connectivity index (χ1v) is 4.28. The third-order valence-electron chi connectivity index (χ3n) is 1.81. The van der Waals surface area contributed by atoms with E-state index in [0.29, 0.717) is 0 Å². The summed E-state index contributed by atoms with van der Waals surface area (Å²) in [5.41, 5.74) is -0.898. The quantitative estimate of drug-likeness (QED) is 0.686. The second-order valence-corrected chi connectivity index (χ2v) is 4.06. The van der Waals surface area contributed by atoms with Crippen molar-refractivity contribution in [1.82, 2.24) is 5.32 Å². The molecular weight excluding hydrogens is 170 g/mol. The second-order valence-electron chi connectivity index (χ2n) is 4.06. The molecule has 0 aromatic carbocycles. The second kappa shape index (κ2) is 4.25. The van der Waals surface area contributed by atoms with Gasteiger partial charge in [-0.25, -0.2) is 0 Å². The molecule has 2 N–H and O–H groups in total. The standard InChI is InChI=1S/C9H17NO3/c1-6(2)7(11)10-5-9(3,4)8(12)13/h6H,5H2,1-4H3,(H,10,11)(H,12,13). The molecular formula is C9H17NO3. The molecule has 0 bridgehead atoms. The van der Waals surface area contributed by atoms with Gasteiger partial charge in [0.05, 0.1) is 5.41 Å². The Hall–Kier alpha value is -1.06. The number of carboxylic acids is 1. The maximum atomic E-state index is 11.1. The third-order valence-corrected chi connectivity index (χ3v) is 1.81. The zero-order valence-electron chi connectivity index (χ0n) is 8.55. The van der Waals surface area contributed by atoms with Crippen molar-refractivity contribution in [3.63, 3.8) is 0 Å². The van der Waals surface area contributed by atoms with Crippen LogP contribution in [0.3, 0.4) is 0 Å². The fourth-order valence-corrected chi connectivity index (χ4v) is 0.588. The average Bonchev–Trinajstić information content (AvgIpc) is 1.99. The number of carbonyl (C=O) groups excluding carboxylic acids is 1. The lowest BCUT2D eigenvalue weighted by atomic mass is 9.94. The molecule has 0 aromatic rings. The van der Waals surface area contributed by atoms with Crippen LogP contribution in [0.25, 0.3) is 0 Å². The number of rotatable bonds is 4. The Labute approximate surface area is 78.3 Å². The summed E-state index contributed by atoms with van der Waals surface area (Å²) in [7, 11) is 0. The third kappa shape index (κ3) is 3.92. The summed E-state index contributed by atoms with van der Waals surface area (Å²) in [5, 5.41) is 11.3. The first-order valence-electron chi connectivity index (χ1n) is 4.28. The molecule has 76 valence electrons. The van der Waals surface area contributed by atoms with E-state index in [4.69, 9.17) is 5.11 Å². The van der Waals surface area contributed by atoms with Crippen molar-refractivity contribution < 1.29 is 14.7 Å². The highest BCUT2D eigenvalue weighted by Crippen LogP contribution is 2.13. The molecule has 0 atom stereocenters. The van der Waals surface area contributed by atoms with E-state index in [1.54, 1.807) is 27.7 Å². The fraction of sp³-hybridized carbons (Fsp3) is 0.778. The van der Waals surface area contributed by atoms with Gasteiger partial charge >= 0.3 is 5.97 Å². The summed E-state index contributed by atoms with van der Waals surface area (Å²) in [5.74, 6) is -1.13. The van der Waals surface area contributed by atoms with Gasteiger partial charge in [-0.1, -0.05) is 13.8 Å². The van der Waals surface area contributed by atoms with E-state index < -0.39 is 11.4 Å². The fourth-order valence-electron chi connectivity index (χ4n) is 0.588. The Morgan fingerprint density at radius 2 is 1.85 bits per heavy atom. The summed E-state index contributed by atoms with van der Waals surface area (Å²) in [6, 6.07) is 0. The highest BCUT2D eigenvalue weighted by atomic mass is 16.4. The Balaban J connectivity index is 4.03. The largest absolute Gasteiger partial charge is 0.481 e. The minimum atomic E-state index is -0.906. The molecule has 4 nitrogen and oxygen atoms in total. The summed E-state index contributed by atoms with van der Waals surface area (Å²) in [6.07, 6.45) is 0. The van der Waals surface area contributed by atoms with Gasteiger partial charge in [0, 0.05) is 12.5 Å². The smallest absolute Gasteiger partial charge is 0.310 e. The lowest BCUT2D eigenvalue weighted by Crippen LogP contribution is -2.40. The molecule has 0 radical (unpaired) electrons. The van der Waals surface area contributed by atoms with Crippen LogP contribution in [-0.2, 0) is 9.59 Å². The first-order chi connectivity index (χ1) is 5.77. The zero-order valence-corrected chi connectivity index (χ0v) is 8.55. The monoisotopic (exact) mass is 187 g/mol. The van der Waals surface area contributed by atoms with Gasteiger partial charge in [0.1, 0.15) is 0 Å². The van der Waals surface area contributed by atoms with Crippen molar-refractivity contribution in [2.24, 2.45) is 11.3 Å². The molecule has 0 saturated carbocycles. The summed E-state index contributed by atoms with van der Waals surface area (Å²) in [4.78, 5) is 21.8. The number of hydrogen-bond donors (Lipinski definition) is 2. The summed E-state index contributed by atoms with van der Waals surface area (Å²) in [6.45, 7) is 6.86. The molecule has 0 aliphatic carbocycles. The lowest BCUT2D eigenvalue weighted by molar-refractivity contribution is -0.146. The van der Waals surface area contributed by atoms with Gasteiger partial charge in [-0.3, -0.25) is 9.59 Å². The van der Waals surface area contributed by atoms with Gasteiger partial charge in [-0.2, -0.15) is 0 Å². The van der Waals surface area contributed by atoms with E-state index in [9.17, 15) is 9.59 Å².